The summed E-state index contributed by atoms with van der Waals surface area (Å²) in [5.74, 6) is -0.626. The Bertz CT molecular complexity index is 671. The van der Waals surface area contributed by atoms with Crippen molar-refractivity contribution in [3.05, 3.63) is 35.4 Å². The molecule has 0 spiro atoms. The monoisotopic (exact) mass is 329 g/mol. The Morgan fingerprint density at radius 1 is 1.33 bits per heavy atom. The van der Waals surface area contributed by atoms with E-state index >= 15 is 0 Å². The second-order valence-electron chi connectivity index (χ2n) is 6.81. The third-order valence-electron chi connectivity index (χ3n) is 4.73. The Balaban J connectivity index is 1.65. The maximum atomic E-state index is 12.4. The lowest BCUT2D eigenvalue weighted by Gasteiger charge is -2.27. The zero-order valence-corrected chi connectivity index (χ0v) is 14.0. The fourth-order valence-corrected chi connectivity index (χ4v) is 3.43. The van der Waals surface area contributed by atoms with Gasteiger partial charge in [0.05, 0.1) is 6.04 Å². The Labute approximate surface area is 141 Å². The van der Waals surface area contributed by atoms with Crippen LogP contribution >= 0.6 is 0 Å². The van der Waals surface area contributed by atoms with Crippen LogP contribution in [0.5, 0.6) is 0 Å². The van der Waals surface area contributed by atoms with Crippen molar-refractivity contribution >= 4 is 17.8 Å². The van der Waals surface area contributed by atoms with E-state index in [0.29, 0.717) is 0 Å². The predicted octanol–water partition coefficient (Wildman–Crippen LogP) is 1.76. The largest absolute Gasteiger partial charge is 0.348 e. The molecule has 0 saturated carbocycles. The van der Waals surface area contributed by atoms with E-state index in [9.17, 15) is 14.4 Å². The average molecular weight is 329 g/mol. The minimum absolute atomic E-state index is 0.000248. The number of benzene rings is 1. The van der Waals surface area contributed by atoms with Gasteiger partial charge in [-0.05, 0) is 36.3 Å². The number of amides is 4. The number of aryl methyl sites for hydroxylation is 1. The van der Waals surface area contributed by atoms with E-state index < -0.39 is 12.1 Å². The van der Waals surface area contributed by atoms with Gasteiger partial charge >= 0.3 is 6.03 Å². The number of rotatable bonds is 4. The van der Waals surface area contributed by atoms with Crippen molar-refractivity contribution in [1.82, 2.24) is 15.5 Å². The van der Waals surface area contributed by atoms with Crippen LogP contribution in [0.25, 0.3) is 0 Å². The number of imide groups is 1. The molecule has 6 heteroatoms. The van der Waals surface area contributed by atoms with Gasteiger partial charge in [-0.15, -0.1) is 0 Å². The lowest BCUT2D eigenvalue weighted by molar-refractivity contribution is -0.133. The highest BCUT2D eigenvalue weighted by Gasteiger charge is 2.40. The number of urea groups is 1. The van der Waals surface area contributed by atoms with Crippen LogP contribution in [0.4, 0.5) is 4.79 Å². The summed E-state index contributed by atoms with van der Waals surface area (Å²) in [7, 11) is 0. The molecule has 0 bridgehead atoms. The SMILES string of the molecule is CC(C)[C@@H]1NC(=O)N(CC(=O)N[C@@H]2CCCc3ccccc32)C1=O. The minimum Gasteiger partial charge on any atom is -0.348 e. The van der Waals surface area contributed by atoms with Crippen LogP contribution in [0.3, 0.4) is 0 Å². The van der Waals surface area contributed by atoms with Crippen molar-refractivity contribution in [2.45, 2.75) is 45.2 Å². The van der Waals surface area contributed by atoms with Crippen molar-refractivity contribution in [3.63, 3.8) is 0 Å². The summed E-state index contributed by atoms with van der Waals surface area (Å²) in [6.07, 6.45) is 2.91. The number of carbonyl (C=O) groups excluding carboxylic acids is 3. The van der Waals surface area contributed by atoms with Gasteiger partial charge in [0.15, 0.2) is 0 Å². The number of hydrogen-bond donors (Lipinski definition) is 2. The molecule has 2 N–H and O–H groups in total. The molecule has 0 aromatic heterocycles. The second kappa shape index (κ2) is 6.63. The highest BCUT2D eigenvalue weighted by molar-refractivity contribution is 6.06. The second-order valence-corrected chi connectivity index (χ2v) is 6.81. The molecule has 2 atom stereocenters. The zero-order chi connectivity index (χ0) is 17.3. The summed E-state index contributed by atoms with van der Waals surface area (Å²) in [5, 5.41) is 5.61. The molecule has 6 nitrogen and oxygen atoms in total. The van der Waals surface area contributed by atoms with E-state index in [-0.39, 0.29) is 30.3 Å². The van der Waals surface area contributed by atoms with Gasteiger partial charge in [-0.1, -0.05) is 38.1 Å². The van der Waals surface area contributed by atoms with Gasteiger partial charge in [0.1, 0.15) is 12.6 Å². The summed E-state index contributed by atoms with van der Waals surface area (Å²) < 4.78 is 0. The smallest absolute Gasteiger partial charge is 0.325 e. The lowest BCUT2D eigenvalue weighted by Crippen LogP contribution is -2.43. The fourth-order valence-electron chi connectivity index (χ4n) is 3.43. The van der Waals surface area contributed by atoms with Gasteiger partial charge in [-0.3, -0.25) is 14.5 Å². The molecule has 1 aromatic carbocycles. The molecule has 2 aliphatic rings. The number of carbonyl (C=O) groups is 3. The molecule has 0 radical (unpaired) electrons. The van der Waals surface area contributed by atoms with E-state index in [0.717, 1.165) is 29.7 Å². The van der Waals surface area contributed by atoms with Crippen molar-refractivity contribution in [2.75, 3.05) is 6.54 Å². The van der Waals surface area contributed by atoms with E-state index in [1.54, 1.807) is 0 Å². The Kier molecular flexibility index (Phi) is 4.55. The van der Waals surface area contributed by atoms with Crippen LogP contribution in [0.2, 0.25) is 0 Å². The summed E-state index contributed by atoms with van der Waals surface area (Å²) in [4.78, 5) is 37.6. The number of nitrogens with zero attached hydrogens (tertiary/aromatic N) is 1. The number of hydrogen-bond acceptors (Lipinski definition) is 3. The maximum Gasteiger partial charge on any atom is 0.325 e. The average Bonchev–Trinajstić information content (AvgIpc) is 2.83. The molecule has 1 fully saturated rings. The molecule has 1 heterocycles. The summed E-state index contributed by atoms with van der Waals surface area (Å²) in [6.45, 7) is 3.50. The molecule has 3 rings (SSSR count). The Morgan fingerprint density at radius 3 is 2.79 bits per heavy atom. The first-order valence-corrected chi connectivity index (χ1v) is 8.46. The van der Waals surface area contributed by atoms with Gasteiger partial charge in [0, 0.05) is 0 Å². The van der Waals surface area contributed by atoms with E-state index in [1.165, 1.54) is 5.56 Å². The van der Waals surface area contributed by atoms with Crippen LogP contribution in [0.1, 0.15) is 43.9 Å². The first-order valence-electron chi connectivity index (χ1n) is 8.46. The number of fused-ring (bicyclic) bond motifs is 1. The van der Waals surface area contributed by atoms with Crippen molar-refractivity contribution in [1.29, 1.82) is 0 Å². The molecule has 1 aromatic rings. The molecule has 1 aliphatic heterocycles. The Hall–Kier alpha value is -2.37. The van der Waals surface area contributed by atoms with Crippen LogP contribution < -0.4 is 10.6 Å². The first kappa shape index (κ1) is 16.5. The quantitative estimate of drug-likeness (QED) is 0.826. The van der Waals surface area contributed by atoms with Crippen molar-refractivity contribution in [2.24, 2.45) is 5.92 Å². The maximum absolute atomic E-state index is 12.4. The molecule has 4 amide bonds. The van der Waals surface area contributed by atoms with Gasteiger partial charge in [0.2, 0.25) is 5.91 Å². The minimum atomic E-state index is -0.541. The number of nitrogens with one attached hydrogen (secondary N) is 2. The molecular weight excluding hydrogens is 306 g/mol. The Morgan fingerprint density at radius 2 is 2.08 bits per heavy atom. The summed E-state index contributed by atoms with van der Waals surface area (Å²) in [5.41, 5.74) is 2.39. The molecular formula is C18H23N3O3. The fraction of sp³-hybridized carbons (Fsp3) is 0.500. The highest BCUT2D eigenvalue weighted by Crippen LogP contribution is 2.29. The van der Waals surface area contributed by atoms with Gasteiger partial charge < -0.3 is 10.6 Å². The third-order valence-corrected chi connectivity index (χ3v) is 4.73. The van der Waals surface area contributed by atoms with E-state index in [4.69, 9.17) is 0 Å². The molecule has 128 valence electrons. The zero-order valence-electron chi connectivity index (χ0n) is 14.0. The summed E-state index contributed by atoms with van der Waals surface area (Å²) in [6, 6.07) is 7.00. The molecule has 0 unspecified atom stereocenters. The molecule has 1 saturated heterocycles. The van der Waals surface area contributed by atoms with Crippen LogP contribution in [0, 0.1) is 5.92 Å². The van der Waals surface area contributed by atoms with Crippen molar-refractivity contribution < 1.29 is 14.4 Å². The van der Waals surface area contributed by atoms with Gasteiger partial charge in [-0.2, -0.15) is 0 Å². The van der Waals surface area contributed by atoms with E-state index in [2.05, 4.69) is 16.7 Å². The summed E-state index contributed by atoms with van der Waals surface area (Å²) >= 11 is 0. The van der Waals surface area contributed by atoms with E-state index in [1.807, 2.05) is 32.0 Å². The highest BCUT2D eigenvalue weighted by atomic mass is 16.2. The standard InChI is InChI=1S/C18H23N3O3/c1-11(2)16-17(23)21(18(24)20-16)10-15(22)19-14-9-5-7-12-6-3-4-8-13(12)14/h3-4,6,8,11,14,16H,5,7,9-10H2,1-2H3,(H,19,22)(H,20,24)/t14-,16+/m1/s1. The van der Waals surface area contributed by atoms with Crippen LogP contribution in [0.15, 0.2) is 24.3 Å². The molecule has 1 aliphatic carbocycles. The van der Waals surface area contributed by atoms with Gasteiger partial charge in [0.25, 0.3) is 5.91 Å². The topological polar surface area (TPSA) is 78.5 Å². The normalized spacial score (nSPS) is 23.2. The van der Waals surface area contributed by atoms with Crippen molar-refractivity contribution in [3.8, 4) is 0 Å². The first-order chi connectivity index (χ1) is 11.5. The van der Waals surface area contributed by atoms with Crippen LogP contribution in [-0.4, -0.2) is 35.3 Å². The predicted molar refractivity (Wildman–Crippen MR) is 89.1 cm³/mol. The lowest BCUT2D eigenvalue weighted by atomic mass is 9.88. The van der Waals surface area contributed by atoms with Gasteiger partial charge in [-0.25, -0.2) is 4.79 Å². The molecule has 24 heavy (non-hydrogen) atoms. The third kappa shape index (κ3) is 3.13. The van der Waals surface area contributed by atoms with Crippen LogP contribution in [-0.2, 0) is 16.0 Å².